The quantitative estimate of drug-likeness (QED) is 0.904. The van der Waals surface area contributed by atoms with Crippen LogP contribution in [-0.2, 0) is 21.5 Å². The Balaban J connectivity index is 0.00000161. The number of ether oxygens (including phenoxy) is 1. The summed E-state index contributed by atoms with van der Waals surface area (Å²) in [4.78, 5) is 14.5. The third kappa shape index (κ3) is 2.80. The van der Waals surface area contributed by atoms with Crippen molar-refractivity contribution in [1.29, 1.82) is 0 Å². The summed E-state index contributed by atoms with van der Waals surface area (Å²) >= 11 is 0. The summed E-state index contributed by atoms with van der Waals surface area (Å²) in [6.45, 7) is 2.91. The van der Waals surface area contributed by atoms with Crippen LogP contribution in [0.3, 0.4) is 0 Å². The molecular formula is C16H23ClN2O2. The molecule has 2 heterocycles. The summed E-state index contributed by atoms with van der Waals surface area (Å²) in [6, 6.07) is 8.59. The van der Waals surface area contributed by atoms with Gasteiger partial charge < -0.3 is 15.0 Å². The first-order chi connectivity index (χ1) is 9.78. The third-order valence-corrected chi connectivity index (χ3v) is 4.64. The predicted molar refractivity (Wildman–Crippen MR) is 84.8 cm³/mol. The number of methoxy groups -OCH3 is 1. The lowest BCUT2D eigenvalue weighted by Crippen LogP contribution is -2.58. The van der Waals surface area contributed by atoms with Crippen LogP contribution < -0.4 is 5.32 Å². The van der Waals surface area contributed by atoms with E-state index in [0.29, 0.717) is 0 Å². The van der Waals surface area contributed by atoms with E-state index in [1.54, 1.807) is 7.11 Å². The SMILES string of the molecule is COCC(=O)N1CCc2ccccc2C12CCNCC2.Cl. The zero-order chi connectivity index (χ0) is 14.0. The van der Waals surface area contributed by atoms with E-state index in [9.17, 15) is 4.79 Å². The molecule has 1 spiro atoms. The second kappa shape index (κ2) is 6.77. The van der Waals surface area contributed by atoms with E-state index < -0.39 is 0 Å². The molecule has 0 atom stereocenters. The van der Waals surface area contributed by atoms with Crippen molar-refractivity contribution in [3.63, 3.8) is 0 Å². The van der Waals surface area contributed by atoms with Crippen molar-refractivity contribution in [2.24, 2.45) is 0 Å². The van der Waals surface area contributed by atoms with Gasteiger partial charge in [0.1, 0.15) is 6.61 Å². The Kier molecular flexibility index (Phi) is 5.25. The first-order valence-electron chi connectivity index (χ1n) is 7.36. The van der Waals surface area contributed by atoms with E-state index in [2.05, 4.69) is 34.5 Å². The predicted octanol–water partition coefficient (Wildman–Crippen LogP) is 1.72. The number of fused-ring (bicyclic) bond motifs is 2. The Morgan fingerprint density at radius 3 is 2.76 bits per heavy atom. The molecule has 1 amide bonds. The fourth-order valence-corrected chi connectivity index (χ4v) is 3.73. The van der Waals surface area contributed by atoms with Crippen LogP contribution in [0.4, 0.5) is 0 Å². The zero-order valence-corrected chi connectivity index (χ0v) is 13.2. The van der Waals surface area contributed by atoms with E-state index in [0.717, 1.165) is 38.9 Å². The van der Waals surface area contributed by atoms with Gasteiger partial charge in [-0.1, -0.05) is 24.3 Å². The fraction of sp³-hybridized carbons (Fsp3) is 0.562. The first kappa shape index (κ1) is 16.3. The Labute approximate surface area is 132 Å². The maximum atomic E-state index is 12.5. The Morgan fingerprint density at radius 1 is 1.33 bits per heavy atom. The normalized spacial score (nSPS) is 19.8. The molecule has 1 saturated heterocycles. The zero-order valence-electron chi connectivity index (χ0n) is 12.4. The summed E-state index contributed by atoms with van der Waals surface area (Å²) in [7, 11) is 1.59. The van der Waals surface area contributed by atoms with Gasteiger partial charge in [-0.25, -0.2) is 0 Å². The summed E-state index contributed by atoms with van der Waals surface area (Å²) < 4.78 is 5.07. The van der Waals surface area contributed by atoms with Gasteiger partial charge in [-0.05, 0) is 43.5 Å². The summed E-state index contributed by atoms with van der Waals surface area (Å²) in [5.74, 6) is 0.115. The molecule has 1 fully saturated rings. The van der Waals surface area contributed by atoms with Crippen molar-refractivity contribution in [2.45, 2.75) is 24.8 Å². The molecule has 1 aromatic rings. The molecule has 3 rings (SSSR count). The van der Waals surface area contributed by atoms with Crippen LogP contribution in [0.15, 0.2) is 24.3 Å². The molecule has 116 valence electrons. The molecule has 2 aliphatic heterocycles. The van der Waals surface area contributed by atoms with Gasteiger partial charge in [-0.2, -0.15) is 0 Å². The topological polar surface area (TPSA) is 41.6 Å². The monoisotopic (exact) mass is 310 g/mol. The van der Waals surface area contributed by atoms with Crippen molar-refractivity contribution in [3.05, 3.63) is 35.4 Å². The number of piperidine rings is 1. The van der Waals surface area contributed by atoms with Crippen molar-refractivity contribution in [2.75, 3.05) is 33.4 Å². The number of halogens is 1. The number of carbonyl (C=O) groups is 1. The standard InChI is InChI=1S/C16H22N2O2.ClH/c1-20-12-15(19)18-11-6-13-4-2-3-5-14(13)16(18)7-9-17-10-8-16;/h2-5,17H,6-12H2,1H3;1H. The number of rotatable bonds is 2. The third-order valence-electron chi connectivity index (χ3n) is 4.64. The Bertz CT molecular complexity index is 501. The number of carbonyl (C=O) groups excluding carboxylic acids is 1. The van der Waals surface area contributed by atoms with E-state index >= 15 is 0 Å². The molecule has 5 heteroatoms. The van der Waals surface area contributed by atoms with E-state index in [1.165, 1.54) is 11.1 Å². The van der Waals surface area contributed by atoms with Crippen LogP contribution in [0.2, 0.25) is 0 Å². The van der Waals surface area contributed by atoms with Crippen molar-refractivity contribution in [3.8, 4) is 0 Å². The minimum atomic E-state index is -0.129. The molecule has 1 N–H and O–H groups in total. The van der Waals surface area contributed by atoms with Crippen LogP contribution in [0.25, 0.3) is 0 Å². The number of nitrogens with zero attached hydrogens (tertiary/aromatic N) is 1. The van der Waals surface area contributed by atoms with Gasteiger partial charge in [0.2, 0.25) is 5.91 Å². The molecule has 1 aromatic carbocycles. The lowest BCUT2D eigenvalue weighted by Gasteiger charge is -2.50. The smallest absolute Gasteiger partial charge is 0.249 e. The highest BCUT2D eigenvalue weighted by Crippen LogP contribution is 2.42. The van der Waals surface area contributed by atoms with Crippen LogP contribution in [-0.4, -0.2) is 44.2 Å². The molecule has 21 heavy (non-hydrogen) atoms. The summed E-state index contributed by atoms with van der Waals surface area (Å²) in [5, 5.41) is 3.41. The van der Waals surface area contributed by atoms with Crippen LogP contribution in [0.5, 0.6) is 0 Å². The molecule has 0 aromatic heterocycles. The van der Waals surface area contributed by atoms with Crippen molar-refractivity contribution in [1.82, 2.24) is 10.2 Å². The van der Waals surface area contributed by atoms with Gasteiger partial charge >= 0.3 is 0 Å². The van der Waals surface area contributed by atoms with Crippen LogP contribution in [0.1, 0.15) is 24.0 Å². The Morgan fingerprint density at radius 2 is 2.05 bits per heavy atom. The summed E-state index contributed by atoms with van der Waals surface area (Å²) in [6.07, 6.45) is 2.92. The number of nitrogens with one attached hydrogen (secondary N) is 1. The number of hydrogen-bond donors (Lipinski definition) is 1. The minimum absolute atomic E-state index is 0. The van der Waals surface area contributed by atoms with Gasteiger partial charge in [0, 0.05) is 13.7 Å². The molecule has 4 nitrogen and oxygen atoms in total. The minimum Gasteiger partial charge on any atom is -0.375 e. The highest BCUT2D eigenvalue weighted by atomic mass is 35.5. The molecular weight excluding hydrogens is 288 g/mol. The number of amides is 1. The Hall–Kier alpha value is -1.10. The van der Waals surface area contributed by atoms with Gasteiger partial charge in [0.05, 0.1) is 5.54 Å². The lowest BCUT2D eigenvalue weighted by atomic mass is 9.74. The molecule has 2 aliphatic rings. The molecule has 0 saturated carbocycles. The van der Waals surface area contributed by atoms with Crippen molar-refractivity contribution >= 4 is 18.3 Å². The molecule has 0 unspecified atom stereocenters. The second-order valence-corrected chi connectivity index (χ2v) is 5.67. The fourth-order valence-electron chi connectivity index (χ4n) is 3.73. The lowest BCUT2D eigenvalue weighted by molar-refractivity contribution is -0.144. The number of benzene rings is 1. The molecule has 0 radical (unpaired) electrons. The average molecular weight is 311 g/mol. The molecule has 0 bridgehead atoms. The van der Waals surface area contributed by atoms with Gasteiger partial charge in [0.25, 0.3) is 0 Å². The van der Waals surface area contributed by atoms with Crippen LogP contribution >= 0.6 is 12.4 Å². The first-order valence-corrected chi connectivity index (χ1v) is 7.36. The maximum absolute atomic E-state index is 12.5. The largest absolute Gasteiger partial charge is 0.375 e. The highest BCUT2D eigenvalue weighted by Gasteiger charge is 2.45. The van der Waals surface area contributed by atoms with E-state index in [1.807, 2.05) is 0 Å². The van der Waals surface area contributed by atoms with E-state index in [4.69, 9.17) is 4.74 Å². The summed E-state index contributed by atoms with van der Waals surface area (Å²) in [5.41, 5.74) is 2.61. The van der Waals surface area contributed by atoms with E-state index in [-0.39, 0.29) is 30.5 Å². The maximum Gasteiger partial charge on any atom is 0.249 e. The van der Waals surface area contributed by atoms with Gasteiger partial charge in [0.15, 0.2) is 0 Å². The van der Waals surface area contributed by atoms with Gasteiger partial charge in [-0.3, -0.25) is 4.79 Å². The molecule has 0 aliphatic carbocycles. The average Bonchev–Trinajstić information content (AvgIpc) is 2.49. The van der Waals surface area contributed by atoms with Crippen LogP contribution in [0, 0.1) is 0 Å². The second-order valence-electron chi connectivity index (χ2n) is 5.67. The highest BCUT2D eigenvalue weighted by molar-refractivity contribution is 5.85. The van der Waals surface area contributed by atoms with Gasteiger partial charge in [-0.15, -0.1) is 12.4 Å². The van der Waals surface area contributed by atoms with Crippen molar-refractivity contribution < 1.29 is 9.53 Å². The number of hydrogen-bond acceptors (Lipinski definition) is 3.